The van der Waals surface area contributed by atoms with Gasteiger partial charge >= 0.3 is 0 Å². The van der Waals surface area contributed by atoms with Gasteiger partial charge in [0.1, 0.15) is 5.75 Å². The quantitative estimate of drug-likeness (QED) is 0.671. The molecule has 2 atom stereocenters. The Morgan fingerprint density at radius 1 is 1.36 bits per heavy atom. The molecule has 152 valence electrons. The van der Waals surface area contributed by atoms with Crippen LogP contribution in [0.25, 0.3) is 11.4 Å². The Labute approximate surface area is 165 Å². The highest BCUT2D eigenvalue weighted by Gasteiger charge is 2.17. The maximum Gasteiger partial charge on any atom is 0.227 e. The molecule has 7 heteroatoms. The van der Waals surface area contributed by atoms with Crippen molar-refractivity contribution in [3.63, 3.8) is 0 Å². The number of nitrogens with zero attached hydrogens (tertiary/aromatic N) is 2. The summed E-state index contributed by atoms with van der Waals surface area (Å²) in [5.41, 5.74) is 0.852. The largest absolute Gasteiger partial charge is 0.494 e. The van der Waals surface area contributed by atoms with E-state index in [1.54, 1.807) is 0 Å². The van der Waals surface area contributed by atoms with E-state index in [1.165, 1.54) is 0 Å². The van der Waals surface area contributed by atoms with Crippen LogP contribution in [-0.2, 0) is 16.0 Å². The molecule has 1 amide bonds. The van der Waals surface area contributed by atoms with E-state index in [4.69, 9.17) is 14.0 Å². The lowest BCUT2D eigenvalue weighted by atomic mass is 10.1. The predicted molar refractivity (Wildman–Crippen MR) is 105 cm³/mol. The van der Waals surface area contributed by atoms with E-state index in [2.05, 4.69) is 15.5 Å². The van der Waals surface area contributed by atoms with Gasteiger partial charge in [0.05, 0.1) is 12.7 Å². The van der Waals surface area contributed by atoms with Gasteiger partial charge in [-0.1, -0.05) is 5.16 Å². The lowest BCUT2D eigenvalue weighted by Gasteiger charge is -2.16. The lowest BCUT2D eigenvalue weighted by molar-refractivity contribution is -0.121. The molecule has 2 aromatic rings. The van der Waals surface area contributed by atoms with E-state index >= 15 is 0 Å². The van der Waals surface area contributed by atoms with Crippen molar-refractivity contribution in [3.05, 3.63) is 30.2 Å². The van der Waals surface area contributed by atoms with Crippen LogP contribution in [-0.4, -0.2) is 41.4 Å². The van der Waals surface area contributed by atoms with Crippen molar-refractivity contribution < 1.29 is 18.8 Å². The number of hydrogen-bond acceptors (Lipinski definition) is 6. The SMILES string of the molecule is CCOc1ccc(-c2noc(CCC(=O)NC(C)CCC3CCCO3)n2)cc1. The van der Waals surface area contributed by atoms with Crippen LogP contribution in [0, 0.1) is 0 Å². The summed E-state index contributed by atoms with van der Waals surface area (Å²) < 4.78 is 16.3. The molecule has 0 radical (unpaired) electrons. The van der Waals surface area contributed by atoms with Crippen LogP contribution < -0.4 is 10.1 Å². The number of amides is 1. The molecule has 2 heterocycles. The van der Waals surface area contributed by atoms with Crippen LogP contribution in [0.5, 0.6) is 5.75 Å². The Bertz CT molecular complexity index is 738. The first kappa shape index (κ1) is 20.3. The fourth-order valence-corrected chi connectivity index (χ4v) is 3.29. The average molecular weight is 387 g/mol. The molecular weight excluding hydrogens is 358 g/mol. The number of nitrogens with one attached hydrogen (secondary N) is 1. The summed E-state index contributed by atoms with van der Waals surface area (Å²) >= 11 is 0. The van der Waals surface area contributed by atoms with Gasteiger partial charge in [-0.05, 0) is 63.8 Å². The molecule has 2 unspecified atom stereocenters. The third-order valence-electron chi connectivity index (χ3n) is 4.81. The molecule has 3 rings (SSSR count). The molecule has 1 saturated heterocycles. The van der Waals surface area contributed by atoms with Crippen molar-refractivity contribution in [2.45, 2.75) is 64.5 Å². The van der Waals surface area contributed by atoms with Crippen LogP contribution in [0.1, 0.15) is 51.8 Å². The number of aryl methyl sites for hydroxylation is 1. The first-order valence-electron chi connectivity index (χ1n) is 10.1. The summed E-state index contributed by atoms with van der Waals surface area (Å²) in [7, 11) is 0. The molecular formula is C21H29N3O4. The molecule has 1 aromatic heterocycles. The fourth-order valence-electron chi connectivity index (χ4n) is 3.29. The third kappa shape index (κ3) is 6.05. The van der Waals surface area contributed by atoms with Crippen molar-refractivity contribution in [1.29, 1.82) is 0 Å². The van der Waals surface area contributed by atoms with Gasteiger partial charge in [0.25, 0.3) is 0 Å². The average Bonchev–Trinajstić information content (AvgIpc) is 3.38. The highest BCUT2D eigenvalue weighted by Crippen LogP contribution is 2.20. The summed E-state index contributed by atoms with van der Waals surface area (Å²) in [5.74, 6) is 1.79. The van der Waals surface area contributed by atoms with E-state index in [-0.39, 0.29) is 11.9 Å². The Hall–Kier alpha value is -2.41. The van der Waals surface area contributed by atoms with Crippen LogP contribution in [0.2, 0.25) is 0 Å². The van der Waals surface area contributed by atoms with Crippen LogP contribution >= 0.6 is 0 Å². The summed E-state index contributed by atoms with van der Waals surface area (Å²) in [6.45, 7) is 5.47. The minimum atomic E-state index is 0.000609. The number of benzene rings is 1. The maximum atomic E-state index is 12.2. The normalized spacial score (nSPS) is 17.4. The van der Waals surface area contributed by atoms with Gasteiger partial charge < -0.3 is 19.3 Å². The number of aromatic nitrogens is 2. The molecule has 1 aliphatic rings. The van der Waals surface area contributed by atoms with E-state index in [0.29, 0.717) is 37.3 Å². The van der Waals surface area contributed by atoms with Gasteiger partial charge in [-0.25, -0.2) is 0 Å². The molecule has 1 aliphatic heterocycles. The molecule has 1 N–H and O–H groups in total. The van der Waals surface area contributed by atoms with Crippen molar-refractivity contribution in [2.24, 2.45) is 0 Å². The van der Waals surface area contributed by atoms with Crippen molar-refractivity contribution >= 4 is 5.91 Å². The van der Waals surface area contributed by atoms with Crippen LogP contribution in [0.15, 0.2) is 28.8 Å². The van der Waals surface area contributed by atoms with Crippen LogP contribution in [0.4, 0.5) is 0 Å². The van der Waals surface area contributed by atoms with Crippen molar-refractivity contribution in [3.8, 4) is 17.1 Å². The Morgan fingerprint density at radius 2 is 2.18 bits per heavy atom. The highest BCUT2D eigenvalue weighted by molar-refractivity contribution is 5.76. The molecule has 1 aromatic carbocycles. The number of hydrogen-bond donors (Lipinski definition) is 1. The van der Waals surface area contributed by atoms with E-state index < -0.39 is 0 Å². The zero-order chi connectivity index (χ0) is 19.8. The smallest absolute Gasteiger partial charge is 0.227 e. The minimum Gasteiger partial charge on any atom is -0.494 e. The van der Waals surface area contributed by atoms with E-state index in [0.717, 1.165) is 43.6 Å². The second kappa shape index (κ2) is 10.2. The molecule has 0 aliphatic carbocycles. The summed E-state index contributed by atoms with van der Waals surface area (Å²) in [6, 6.07) is 7.67. The Morgan fingerprint density at radius 3 is 2.89 bits per heavy atom. The van der Waals surface area contributed by atoms with Crippen molar-refractivity contribution in [2.75, 3.05) is 13.2 Å². The number of carbonyl (C=O) groups is 1. The topological polar surface area (TPSA) is 86.5 Å². The van der Waals surface area contributed by atoms with E-state index in [1.807, 2.05) is 38.1 Å². The van der Waals surface area contributed by atoms with Gasteiger partial charge in [0.2, 0.25) is 17.6 Å². The monoisotopic (exact) mass is 387 g/mol. The molecule has 1 fully saturated rings. The Kier molecular flexibility index (Phi) is 7.42. The molecule has 0 bridgehead atoms. The molecule has 0 spiro atoms. The summed E-state index contributed by atoms with van der Waals surface area (Å²) in [6.07, 6.45) is 5.32. The second-order valence-electron chi connectivity index (χ2n) is 7.15. The standard InChI is InChI=1S/C21H29N3O4/c1-3-26-18-10-7-16(8-11-18)21-23-20(28-24-21)13-12-19(25)22-15(2)6-9-17-5-4-14-27-17/h7-8,10-11,15,17H,3-6,9,12-14H2,1-2H3,(H,22,25). The number of carbonyl (C=O) groups excluding carboxylic acids is 1. The van der Waals surface area contributed by atoms with Gasteiger partial charge in [0, 0.05) is 31.1 Å². The Balaban J connectivity index is 1.41. The number of rotatable bonds is 10. The van der Waals surface area contributed by atoms with Crippen LogP contribution in [0.3, 0.4) is 0 Å². The summed E-state index contributed by atoms with van der Waals surface area (Å²) in [5, 5.41) is 7.03. The predicted octanol–water partition coefficient (Wildman–Crippen LogP) is 3.53. The third-order valence-corrected chi connectivity index (χ3v) is 4.81. The van der Waals surface area contributed by atoms with Gasteiger partial charge in [-0.2, -0.15) is 4.98 Å². The zero-order valence-electron chi connectivity index (χ0n) is 16.6. The summed E-state index contributed by atoms with van der Waals surface area (Å²) in [4.78, 5) is 16.5. The van der Waals surface area contributed by atoms with Gasteiger partial charge in [0.15, 0.2) is 0 Å². The first-order valence-corrected chi connectivity index (χ1v) is 10.1. The molecule has 28 heavy (non-hydrogen) atoms. The van der Waals surface area contributed by atoms with E-state index in [9.17, 15) is 4.79 Å². The van der Waals surface area contributed by atoms with Gasteiger partial charge in [-0.3, -0.25) is 4.79 Å². The molecule has 7 nitrogen and oxygen atoms in total. The highest BCUT2D eigenvalue weighted by atomic mass is 16.5. The minimum absolute atomic E-state index is 0.000609. The number of ether oxygens (including phenoxy) is 2. The maximum absolute atomic E-state index is 12.2. The molecule has 0 saturated carbocycles. The van der Waals surface area contributed by atoms with Gasteiger partial charge in [-0.15, -0.1) is 0 Å². The lowest BCUT2D eigenvalue weighted by Crippen LogP contribution is -2.33. The van der Waals surface area contributed by atoms with Crippen molar-refractivity contribution in [1.82, 2.24) is 15.5 Å². The second-order valence-corrected chi connectivity index (χ2v) is 7.15. The first-order chi connectivity index (χ1) is 13.6. The zero-order valence-corrected chi connectivity index (χ0v) is 16.6. The fraction of sp³-hybridized carbons (Fsp3) is 0.571.